The molecule has 0 unspecified atom stereocenters. The Morgan fingerprint density at radius 3 is 2.42 bits per heavy atom. The molecule has 3 rings (SSSR count). The molecule has 0 atom stereocenters. The number of carbonyl (C=O) groups is 2. The van der Waals surface area contributed by atoms with Crippen LogP contribution in [0.1, 0.15) is 20.9 Å². The molecule has 0 aliphatic heterocycles. The van der Waals surface area contributed by atoms with Crippen LogP contribution in [-0.2, 0) is 0 Å². The molecule has 1 aromatic heterocycles. The van der Waals surface area contributed by atoms with Crippen LogP contribution in [0.4, 0.5) is 17.1 Å². The third-order valence-electron chi connectivity index (χ3n) is 4.42. The molecule has 9 nitrogen and oxygen atoms in total. The summed E-state index contributed by atoms with van der Waals surface area (Å²) in [6.45, 7) is 0.730. The lowest BCUT2D eigenvalue weighted by Crippen LogP contribution is -2.32. The van der Waals surface area contributed by atoms with Gasteiger partial charge in [0.2, 0.25) is 0 Å². The van der Waals surface area contributed by atoms with Gasteiger partial charge in [-0.3, -0.25) is 19.7 Å². The van der Waals surface area contributed by atoms with Gasteiger partial charge in [-0.1, -0.05) is 12.1 Å². The van der Waals surface area contributed by atoms with Crippen molar-refractivity contribution in [3.63, 3.8) is 0 Å². The van der Waals surface area contributed by atoms with Gasteiger partial charge >= 0.3 is 0 Å². The number of anilines is 2. The van der Waals surface area contributed by atoms with Gasteiger partial charge < -0.3 is 20.0 Å². The van der Waals surface area contributed by atoms with Gasteiger partial charge in [0.25, 0.3) is 17.5 Å². The summed E-state index contributed by atoms with van der Waals surface area (Å²) in [5.74, 6) is -0.566. The second kappa shape index (κ2) is 9.90. The van der Waals surface area contributed by atoms with Gasteiger partial charge in [-0.05, 0) is 52.3 Å². The number of carbonyl (C=O) groups excluding carboxylic acids is 2. The molecule has 3 aromatic rings. The average Bonchev–Trinajstić information content (AvgIpc) is 3.22. The Bertz CT molecular complexity index is 1100. The summed E-state index contributed by atoms with van der Waals surface area (Å²) < 4.78 is 5.75. The SMILES string of the molecule is CN(C(=O)c1ccc(Br)o1)c1ccccc1C(=O)NCCNc1ccc([N+](=O)[O-])cc1. The maximum Gasteiger partial charge on any atom is 0.293 e. The Hall–Kier alpha value is -3.66. The standard InChI is InChI=1S/C21H19BrN4O5/c1-25(21(28)18-10-11-19(22)31-18)17-5-3-2-4-16(17)20(27)24-13-12-23-14-6-8-15(9-7-14)26(29)30/h2-11,23H,12-13H2,1H3,(H,24,27). The predicted octanol–water partition coefficient (Wildman–Crippen LogP) is 4.07. The molecule has 0 bridgehead atoms. The van der Waals surface area contributed by atoms with E-state index in [1.807, 2.05) is 0 Å². The van der Waals surface area contributed by atoms with Crippen molar-refractivity contribution in [2.75, 3.05) is 30.4 Å². The number of nitrogens with zero attached hydrogens (tertiary/aromatic N) is 2. The van der Waals surface area contributed by atoms with Gasteiger partial charge in [0.05, 0.1) is 16.2 Å². The summed E-state index contributed by atoms with van der Waals surface area (Å²) >= 11 is 3.17. The fourth-order valence-corrected chi connectivity index (χ4v) is 3.15. The Morgan fingerprint density at radius 2 is 1.77 bits per heavy atom. The van der Waals surface area contributed by atoms with Crippen molar-refractivity contribution in [1.82, 2.24) is 5.32 Å². The third kappa shape index (κ3) is 5.48. The molecule has 31 heavy (non-hydrogen) atoms. The number of halogens is 1. The lowest BCUT2D eigenvalue weighted by Gasteiger charge is -2.19. The fraction of sp³-hybridized carbons (Fsp3) is 0.143. The Balaban J connectivity index is 1.59. The first-order valence-corrected chi connectivity index (χ1v) is 10.0. The van der Waals surface area contributed by atoms with Crippen molar-refractivity contribution < 1.29 is 18.9 Å². The van der Waals surface area contributed by atoms with Crippen LogP contribution in [0.5, 0.6) is 0 Å². The maximum absolute atomic E-state index is 12.7. The van der Waals surface area contributed by atoms with E-state index in [0.29, 0.717) is 34.7 Å². The first kappa shape index (κ1) is 22.0. The van der Waals surface area contributed by atoms with Crippen molar-refractivity contribution in [2.24, 2.45) is 0 Å². The number of nitrogens with one attached hydrogen (secondary N) is 2. The van der Waals surface area contributed by atoms with Crippen LogP contribution in [0.2, 0.25) is 0 Å². The molecular weight excluding hydrogens is 468 g/mol. The van der Waals surface area contributed by atoms with Crippen molar-refractivity contribution in [1.29, 1.82) is 0 Å². The van der Waals surface area contributed by atoms with E-state index >= 15 is 0 Å². The lowest BCUT2D eigenvalue weighted by atomic mass is 10.1. The Kier molecular flexibility index (Phi) is 7.03. The summed E-state index contributed by atoms with van der Waals surface area (Å²) in [5, 5.41) is 16.6. The van der Waals surface area contributed by atoms with Crippen molar-refractivity contribution in [2.45, 2.75) is 0 Å². The van der Waals surface area contributed by atoms with Crippen LogP contribution in [0.3, 0.4) is 0 Å². The number of amides is 2. The van der Waals surface area contributed by atoms with E-state index in [0.717, 1.165) is 0 Å². The van der Waals surface area contributed by atoms with Crippen molar-refractivity contribution in [3.8, 4) is 0 Å². The first-order chi connectivity index (χ1) is 14.9. The molecule has 0 radical (unpaired) electrons. The molecule has 160 valence electrons. The summed E-state index contributed by atoms with van der Waals surface area (Å²) in [5.41, 5.74) is 1.51. The van der Waals surface area contributed by atoms with Gasteiger partial charge in [0.1, 0.15) is 0 Å². The molecule has 0 saturated heterocycles. The quantitative estimate of drug-likeness (QED) is 0.281. The number of non-ortho nitro benzene ring substituents is 1. The van der Waals surface area contributed by atoms with Crippen LogP contribution < -0.4 is 15.5 Å². The van der Waals surface area contributed by atoms with Gasteiger partial charge in [0, 0.05) is 38.0 Å². The molecule has 0 spiro atoms. The number of para-hydroxylation sites is 1. The van der Waals surface area contributed by atoms with E-state index in [1.54, 1.807) is 55.6 Å². The fourth-order valence-electron chi connectivity index (χ4n) is 2.84. The number of nitro groups is 1. The molecule has 0 aliphatic carbocycles. The molecule has 0 aliphatic rings. The Labute approximate surface area is 186 Å². The van der Waals surface area contributed by atoms with E-state index in [9.17, 15) is 19.7 Å². The number of benzene rings is 2. The van der Waals surface area contributed by atoms with E-state index in [1.165, 1.54) is 17.0 Å². The van der Waals surface area contributed by atoms with Crippen LogP contribution >= 0.6 is 15.9 Å². The molecule has 2 amide bonds. The average molecular weight is 487 g/mol. The monoisotopic (exact) mass is 486 g/mol. The highest BCUT2D eigenvalue weighted by molar-refractivity contribution is 9.10. The largest absolute Gasteiger partial charge is 0.444 e. The topological polar surface area (TPSA) is 118 Å². The minimum Gasteiger partial charge on any atom is -0.444 e. The predicted molar refractivity (Wildman–Crippen MR) is 120 cm³/mol. The van der Waals surface area contributed by atoms with E-state index in [4.69, 9.17) is 4.42 Å². The molecule has 1 heterocycles. The number of hydrogen-bond donors (Lipinski definition) is 2. The van der Waals surface area contributed by atoms with Gasteiger partial charge in [-0.25, -0.2) is 0 Å². The second-order valence-electron chi connectivity index (χ2n) is 6.47. The second-order valence-corrected chi connectivity index (χ2v) is 7.25. The minimum atomic E-state index is -0.464. The lowest BCUT2D eigenvalue weighted by molar-refractivity contribution is -0.384. The van der Waals surface area contributed by atoms with E-state index in [-0.39, 0.29) is 23.3 Å². The molecule has 0 saturated carbocycles. The summed E-state index contributed by atoms with van der Waals surface area (Å²) in [6.07, 6.45) is 0. The summed E-state index contributed by atoms with van der Waals surface area (Å²) in [7, 11) is 1.57. The maximum atomic E-state index is 12.7. The highest BCUT2D eigenvalue weighted by Crippen LogP contribution is 2.23. The molecule has 10 heteroatoms. The zero-order valence-electron chi connectivity index (χ0n) is 16.5. The molecule has 2 N–H and O–H groups in total. The Morgan fingerprint density at radius 1 is 1.06 bits per heavy atom. The summed E-state index contributed by atoms with van der Waals surface area (Å²) in [6, 6.07) is 16.0. The third-order valence-corrected chi connectivity index (χ3v) is 4.84. The number of rotatable bonds is 8. The first-order valence-electron chi connectivity index (χ1n) is 9.26. The van der Waals surface area contributed by atoms with Crippen molar-refractivity contribution >= 4 is 44.8 Å². The smallest absolute Gasteiger partial charge is 0.293 e. The number of furan rings is 1. The molecular formula is C21H19BrN4O5. The van der Waals surface area contributed by atoms with Crippen LogP contribution in [-0.4, -0.2) is 36.9 Å². The highest BCUT2D eigenvalue weighted by atomic mass is 79.9. The zero-order chi connectivity index (χ0) is 22.4. The van der Waals surface area contributed by atoms with E-state index < -0.39 is 4.92 Å². The molecule has 0 fully saturated rings. The van der Waals surface area contributed by atoms with Crippen LogP contribution in [0.25, 0.3) is 0 Å². The van der Waals surface area contributed by atoms with Gasteiger partial charge in [-0.15, -0.1) is 0 Å². The molecule has 2 aromatic carbocycles. The van der Waals surface area contributed by atoms with Crippen molar-refractivity contribution in [3.05, 3.63) is 86.8 Å². The normalized spacial score (nSPS) is 10.4. The zero-order valence-corrected chi connectivity index (χ0v) is 18.1. The highest BCUT2D eigenvalue weighted by Gasteiger charge is 2.21. The minimum absolute atomic E-state index is 0.0102. The summed E-state index contributed by atoms with van der Waals surface area (Å²) in [4.78, 5) is 36.9. The van der Waals surface area contributed by atoms with Crippen LogP contribution in [0.15, 0.2) is 69.8 Å². The van der Waals surface area contributed by atoms with Gasteiger partial charge in [-0.2, -0.15) is 0 Å². The van der Waals surface area contributed by atoms with Gasteiger partial charge in [0.15, 0.2) is 10.4 Å². The van der Waals surface area contributed by atoms with E-state index in [2.05, 4.69) is 26.6 Å². The number of hydrogen-bond acceptors (Lipinski definition) is 6. The van der Waals surface area contributed by atoms with Crippen LogP contribution in [0, 0.1) is 10.1 Å². The number of nitro benzene ring substituents is 1.